The zero-order valence-electron chi connectivity index (χ0n) is 17.6. The van der Waals surface area contributed by atoms with Gasteiger partial charge in [0.15, 0.2) is 22.5 Å². The molecule has 2 fully saturated rings. The minimum Gasteiger partial charge on any atom is -0.383 e. The maximum Gasteiger partial charge on any atom is 0.246 e. The molecule has 1 spiro atoms. The van der Waals surface area contributed by atoms with Crippen LogP contribution in [-0.2, 0) is 4.79 Å². The summed E-state index contributed by atoms with van der Waals surface area (Å²) in [6.07, 6.45) is 8.24. The Bertz CT molecular complexity index is 1090. The van der Waals surface area contributed by atoms with Gasteiger partial charge in [0.25, 0.3) is 0 Å². The summed E-state index contributed by atoms with van der Waals surface area (Å²) in [6.45, 7) is 1.33. The Morgan fingerprint density at radius 3 is 2.50 bits per heavy atom. The number of nitrogens with zero attached hydrogens (tertiary/aromatic N) is 3. The molecule has 32 heavy (non-hydrogen) atoms. The number of nitrogens with two attached hydrogens (primary N) is 2. The highest BCUT2D eigenvalue weighted by Crippen LogP contribution is 2.35. The van der Waals surface area contributed by atoms with Crippen LogP contribution in [0.3, 0.4) is 0 Å². The number of nitrogen functional groups attached to an aromatic ring is 2. The van der Waals surface area contributed by atoms with Gasteiger partial charge in [-0.2, -0.15) is 0 Å². The highest BCUT2D eigenvalue weighted by molar-refractivity contribution is 6.31. The van der Waals surface area contributed by atoms with E-state index in [-0.39, 0.29) is 39.7 Å². The van der Waals surface area contributed by atoms with E-state index in [0.717, 1.165) is 36.9 Å². The van der Waals surface area contributed by atoms with E-state index in [2.05, 4.69) is 15.3 Å². The Morgan fingerprint density at radius 2 is 1.78 bits per heavy atom. The van der Waals surface area contributed by atoms with Gasteiger partial charge in [0, 0.05) is 36.5 Å². The number of rotatable bonds is 4. The first-order valence-corrected chi connectivity index (χ1v) is 10.9. The van der Waals surface area contributed by atoms with E-state index in [1.165, 1.54) is 6.08 Å². The van der Waals surface area contributed by atoms with Crippen molar-refractivity contribution in [1.29, 1.82) is 0 Å². The van der Waals surface area contributed by atoms with Gasteiger partial charge >= 0.3 is 0 Å². The number of hydrogen-bond acceptors (Lipinski definition) is 7. The van der Waals surface area contributed by atoms with Crippen molar-refractivity contribution in [3.8, 4) is 0 Å². The van der Waals surface area contributed by atoms with E-state index in [9.17, 15) is 9.59 Å². The van der Waals surface area contributed by atoms with Crippen molar-refractivity contribution >= 4 is 41.0 Å². The van der Waals surface area contributed by atoms with Crippen LogP contribution < -0.4 is 16.8 Å². The normalized spacial score (nSPS) is 18.9. The Morgan fingerprint density at radius 1 is 1.06 bits per heavy atom. The third-order valence-electron chi connectivity index (χ3n) is 5.99. The number of allylic oxidation sites excluding steroid dienone is 2. The van der Waals surface area contributed by atoms with Gasteiger partial charge in [-0.15, -0.1) is 0 Å². The minimum absolute atomic E-state index is 0.00812. The summed E-state index contributed by atoms with van der Waals surface area (Å²) in [5, 5.41) is 3.46. The van der Waals surface area contributed by atoms with Crippen molar-refractivity contribution in [3.63, 3.8) is 0 Å². The smallest absolute Gasteiger partial charge is 0.246 e. The first-order chi connectivity index (χ1) is 15.3. The van der Waals surface area contributed by atoms with Gasteiger partial charge in [-0.3, -0.25) is 9.59 Å². The van der Waals surface area contributed by atoms with Crippen LogP contribution in [-0.4, -0.2) is 45.2 Å². The average molecular weight is 453 g/mol. The lowest BCUT2D eigenvalue weighted by molar-refractivity contribution is -0.127. The number of anilines is 2. The van der Waals surface area contributed by atoms with Crippen LogP contribution in [0.25, 0.3) is 6.08 Å². The average Bonchev–Trinajstić information content (AvgIpc) is 3.17. The lowest BCUT2D eigenvalue weighted by atomic mass is 9.86. The Balaban J connectivity index is 1.35. The molecule has 0 aliphatic carbocycles. The second-order valence-electron chi connectivity index (χ2n) is 8.14. The van der Waals surface area contributed by atoms with Crippen molar-refractivity contribution in [1.82, 2.24) is 20.2 Å². The molecule has 3 heterocycles. The summed E-state index contributed by atoms with van der Waals surface area (Å²) >= 11 is 5.88. The number of likely N-dealkylation sites (tertiary alicyclic amines) is 1. The highest BCUT2D eigenvalue weighted by atomic mass is 35.5. The molecule has 0 saturated carbocycles. The lowest BCUT2D eigenvalue weighted by Crippen LogP contribution is -2.50. The van der Waals surface area contributed by atoms with Gasteiger partial charge in [-0.05, 0) is 37.3 Å². The van der Waals surface area contributed by atoms with Gasteiger partial charge in [0.2, 0.25) is 11.7 Å². The number of carbonyl (C=O) groups is 2. The molecule has 4 rings (SSSR count). The quantitative estimate of drug-likeness (QED) is 0.480. The molecule has 0 radical (unpaired) electrons. The number of piperidine rings is 1. The molecular formula is C23H25ClN6O2. The SMILES string of the molecule is Nc1nc(N)c(C(=O)/C=C2\CCC3(CCN(C(=O)/C=C/c4ccccc4)CC3)N2)nc1Cl. The highest BCUT2D eigenvalue weighted by Gasteiger charge is 2.39. The van der Waals surface area contributed by atoms with Gasteiger partial charge in [0.1, 0.15) is 0 Å². The molecule has 9 heteroatoms. The molecule has 166 valence electrons. The second kappa shape index (κ2) is 9.00. The van der Waals surface area contributed by atoms with E-state index >= 15 is 0 Å². The largest absolute Gasteiger partial charge is 0.383 e. The summed E-state index contributed by atoms with van der Waals surface area (Å²) in [5.74, 6) is -0.403. The van der Waals surface area contributed by atoms with Crippen LogP contribution in [0.5, 0.6) is 0 Å². The van der Waals surface area contributed by atoms with Crippen LogP contribution in [0.4, 0.5) is 11.6 Å². The van der Waals surface area contributed by atoms with Gasteiger partial charge in [-0.1, -0.05) is 41.9 Å². The molecule has 2 aliphatic heterocycles. The summed E-state index contributed by atoms with van der Waals surface area (Å²) in [5.41, 5.74) is 13.1. The topological polar surface area (TPSA) is 127 Å². The fourth-order valence-electron chi connectivity index (χ4n) is 4.16. The van der Waals surface area contributed by atoms with Crippen LogP contribution in [0.2, 0.25) is 5.15 Å². The Labute approximate surface area is 191 Å². The first-order valence-electron chi connectivity index (χ1n) is 10.5. The molecule has 1 aromatic carbocycles. The number of halogens is 1. The minimum atomic E-state index is -0.366. The second-order valence-corrected chi connectivity index (χ2v) is 8.50. The number of nitrogens with one attached hydrogen (secondary N) is 1. The number of hydrogen-bond donors (Lipinski definition) is 3. The van der Waals surface area contributed by atoms with Crippen LogP contribution in [0.15, 0.2) is 48.2 Å². The summed E-state index contributed by atoms with van der Waals surface area (Å²) < 4.78 is 0. The number of ketones is 1. The van der Waals surface area contributed by atoms with Crippen molar-refractivity contribution < 1.29 is 9.59 Å². The van der Waals surface area contributed by atoms with Gasteiger partial charge in [-0.25, -0.2) is 9.97 Å². The summed E-state index contributed by atoms with van der Waals surface area (Å²) in [6, 6.07) is 9.76. The fourth-order valence-corrected chi connectivity index (χ4v) is 4.29. The Kier molecular flexibility index (Phi) is 6.14. The maximum absolute atomic E-state index is 12.6. The molecule has 2 aliphatic rings. The van der Waals surface area contributed by atoms with E-state index in [4.69, 9.17) is 23.1 Å². The molecule has 8 nitrogen and oxygen atoms in total. The molecule has 2 aromatic rings. The number of benzene rings is 1. The molecule has 5 N–H and O–H groups in total. The predicted molar refractivity (Wildman–Crippen MR) is 125 cm³/mol. The molecule has 0 unspecified atom stereocenters. The van der Waals surface area contributed by atoms with E-state index < -0.39 is 0 Å². The van der Waals surface area contributed by atoms with Crippen molar-refractivity contribution in [2.45, 2.75) is 31.2 Å². The number of carbonyl (C=O) groups excluding carboxylic acids is 2. The zero-order valence-corrected chi connectivity index (χ0v) is 18.3. The zero-order chi connectivity index (χ0) is 22.7. The predicted octanol–water partition coefficient (Wildman–Crippen LogP) is 2.82. The van der Waals surface area contributed by atoms with Gasteiger partial charge in [0.05, 0.1) is 0 Å². The molecule has 0 atom stereocenters. The maximum atomic E-state index is 12.6. The molecule has 0 bridgehead atoms. The van der Waals surface area contributed by atoms with Crippen LogP contribution >= 0.6 is 11.6 Å². The lowest BCUT2D eigenvalue weighted by Gasteiger charge is -2.39. The molecule has 2 saturated heterocycles. The van der Waals surface area contributed by atoms with Crippen molar-refractivity contribution in [3.05, 3.63) is 64.6 Å². The molecule has 1 amide bonds. The third kappa shape index (κ3) is 4.75. The molecule has 1 aromatic heterocycles. The van der Waals surface area contributed by atoms with E-state index in [1.807, 2.05) is 41.3 Å². The number of aromatic nitrogens is 2. The van der Waals surface area contributed by atoms with Crippen LogP contribution in [0.1, 0.15) is 41.7 Å². The first kappa shape index (κ1) is 21.8. The van der Waals surface area contributed by atoms with Crippen molar-refractivity contribution in [2.24, 2.45) is 0 Å². The number of amides is 1. The van der Waals surface area contributed by atoms with E-state index in [0.29, 0.717) is 13.1 Å². The van der Waals surface area contributed by atoms with Gasteiger partial charge < -0.3 is 21.7 Å². The summed E-state index contributed by atoms with van der Waals surface area (Å²) in [4.78, 5) is 34.9. The summed E-state index contributed by atoms with van der Waals surface area (Å²) in [7, 11) is 0. The van der Waals surface area contributed by atoms with Crippen LogP contribution in [0, 0.1) is 0 Å². The van der Waals surface area contributed by atoms with Crippen molar-refractivity contribution in [2.75, 3.05) is 24.6 Å². The molecular weight excluding hydrogens is 428 g/mol. The monoisotopic (exact) mass is 452 g/mol. The fraction of sp³-hybridized carbons (Fsp3) is 0.304. The third-order valence-corrected chi connectivity index (χ3v) is 6.27. The Hall–Kier alpha value is -3.39. The standard InChI is InChI=1S/C23H25ClN6O2/c24-20-22(26)28-21(25)19(27-20)17(31)14-16-8-9-23(29-16)10-12-30(13-11-23)18(32)7-6-15-4-2-1-3-5-15/h1-7,14,29H,8-13H2,(H4,25,26,28)/b7-6+,16-14+. The van der Waals surface area contributed by atoms with E-state index in [1.54, 1.807) is 6.08 Å².